The summed E-state index contributed by atoms with van der Waals surface area (Å²) in [6.45, 7) is 2.74. The van der Waals surface area contributed by atoms with Crippen LogP contribution in [0.2, 0.25) is 0 Å². The molecule has 1 aliphatic rings. The van der Waals surface area contributed by atoms with Gasteiger partial charge in [0, 0.05) is 12.1 Å². The van der Waals surface area contributed by atoms with Gasteiger partial charge in [0.25, 0.3) is 0 Å². The second-order valence-electron chi connectivity index (χ2n) is 7.68. The van der Waals surface area contributed by atoms with Crippen LogP contribution >= 0.6 is 0 Å². The third-order valence-corrected chi connectivity index (χ3v) is 5.58. The van der Waals surface area contributed by atoms with Gasteiger partial charge in [0.1, 0.15) is 11.5 Å². The molecule has 2 aromatic carbocycles. The molecule has 2 atom stereocenters. The number of ether oxygens (including phenoxy) is 2. The molecular weight excluding hydrogens is 364 g/mol. The Morgan fingerprint density at radius 3 is 2.86 bits per heavy atom. The molecule has 0 amide bonds. The molecule has 152 valence electrons. The van der Waals surface area contributed by atoms with Gasteiger partial charge in [0.05, 0.1) is 19.2 Å². The first kappa shape index (κ1) is 19.5. The van der Waals surface area contributed by atoms with Crippen molar-refractivity contribution in [2.24, 2.45) is 5.92 Å². The van der Waals surface area contributed by atoms with Crippen LogP contribution in [0.5, 0.6) is 11.5 Å². The van der Waals surface area contributed by atoms with Crippen molar-refractivity contribution in [3.63, 3.8) is 0 Å². The van der Waals surface area contributed by atoms with Crippen molar-refractivity contribution in [1.82, 2.24) is 10.3 Å². The van der Waals surface area contributed by atoms with Crippen molar-refractivity contribution in [1.29, 1.82) is 0 Å². The number of H-pyrrole nitrogens is 1. The normalized spacial score (nSPS) is 18.0. The topological polar surface area (TPSA) is 63.4 Å². The summed E-state index contributed by atoms with van der Waals surface area (Å²) >= 11 is 0. The molecule has 29 heavy (non-hydrogen) atoms. The zero-order valence-corrected chi connectivity index (χ0v) is 16.8. The molecular formula is C24H28N2O3. The molecule has 1 fully saturated rings. The maximum atomic E-state index is 11.4. The summed E-state index contributed by atoms with van der Waals surface area (Å²) in [5.74, 6) is 3.14. The lowest BCUT2D eigenvalue weighted by molar-refractivity contribution is 0.306. The molecule has 0 bridgehead atoms. The van der Waals surface area contributed by atoms with Crippen molar-refractivity contribution >= 4 is 10.9 Å². The fourth-order valence-corrected chi connectivity index (χ4v) is 3.88. The van der Waals surface area contributed by atoms with E-state index in [-0.39, 0.29) is 5.56 Å². The maximum absolute atomic E-state index is 11.4. The molecule has 0 unspecified atom stereocenters. The third-order valence-electron chi connectivity index (χ3n) is 5.58. The summed E-state index contributed by atoms with van der Waals surface area (Å²) in [4.78, 5) is 14.3. The standard InChI is InChI=1S/C24H28N2O3/c1-28-23-7-3-2-6-20(23)21-14-18(21)16-25-12-4-5-13-29-19-10-8-17-9-11-24(27)26-22(17)15-19/h2-3,6-11,15,18,21,25H,4-5,12-14,16H2,1H3,(H,26,27)/t18-,21+/m0/s1. The van der Waals surface area contributed by atoms with Crippen LogP contribution in [0.25, 0.3) is 10.9 Å². The fourth-order valence-electron chi connectivity index (χ4n) is 3.88. The predicted octanol–water partition coefficient (Wildman–Crippen LogP) is 4.09. The minimum Gasteiger partial charge on any atom is -0.496 e. The highest BCUT2D eigenvalue weighted by Crippen LogP contribution is 2.49. The van der Waals surface area contributed by atoms with Crippen molar-refractivity contribution in [2.45, 2.75) is 25.2 Å². The van der Waals surface area contributed by atoms with Crippen molar-refractivity contribution in [3.8, 4) is 11.5 Å². The van der Waals surface area contributed by atoms with E-state index >= 15 is 0 Å². The Morgan fingerprint density at radius 1 is 1.10 bits per heavy atom. The molecule has 3 aromatic rings. The lowest BCUT2D eigenvalue weighted by Gasteiger charge is -2.09. The van der Waals surface area contributed by atoms with Gasteiger partial charge in [-0.2, -0.15) is 0 Å². The van der Waals surface area contributed by atoms with Crippen LogP contribution < -0.4 is 20.3 Å². The van der Waals surface area contributed by atoms with Crippen LogP contribution in [0.3, 0.4) is 0 Å². The van der Waals surface area contributed by atoms with E-state index in [1.165, 1.54) is 18.1 Å². The third kappa shape index (κ3) is 4.98. The number of methoxy groups -OCH3 is 1. The van der Waals surface area contributed by atoms with Crippen LogP contribution in [-0.2, 0) is 0 Å². The summed E-state index contributed by atoms with van der Waals surface area (Å²) in [6, 6.07) is 17.5. The van der Waals surface area contributed by atoms with Crippen LogP contribution in [0.4, 0.5) is 0 Å². The van der Waals surface area contributed by atoms with Crippen LogP contribution in [0.1, 0.15) is 30.7 Å². The number of hydrogen-bond donors (Lipinski definition) is 2. The van der Waals surface area contributed by atoms with Gasteiger partial charge >= 0.3 is 0 Å². The zero-order chi connectivity index (χ0) is 20.1. The fraction of sp³-hybridized carbons (Fsp3) is 0.375. The molecule has 5 heteroatoms. The van der Waals surface area contributed by atoms with Crippen LogP contribution in [0.15, 0.2) is 59.4 Å². The number of benzene rings is 2. The Labute approximate surface area is 171 Å². The number of para-hydroxylation sites is 1. The second kappa shape index (κ2) is 9.14. The largest absolute Gasteiger partial charge is 0.496 e. The van der Waals surface area contributed by atoms with Gasteiger partial charge in [0.2, 0.25) is 5.56 Å². The first-order valence-electron chi connectivity index (χ1n) is 10.3. The summed E-state index contributed by atoms with van der Waals surface area (Å²) in [7, 11) is 1.74. The SMILES string of the molecule is COc1ccccc1[C@@H]1C[C@H]1CNCCCCOc1ccc2ccc(=O)[nH]c2c1. The number of aromatic amines is 1. The van der Waals surface area contributed by atoms with Gasteiger partial charge in [-0.05, 0) is 79.4 Å². The number of hydrogen-bond acceptors (Lipinski definition) is 4. The number of unbranched alkanes of at least 4 members (excludes halogenated alkanes) is 1. The Balaban J connectivity index is 1.12. The summed E-state index contributed by atoms with van der Waals surface area (Å²) < 4.78 is 11.3. The van der Waals surface area contributed by atoms with E-state index in [0.29, 0.717) is 18.4 Å². The number of nitrogens with one attached hydrogen (secondary N) is 2. The molecule has 1 heterocycles. The van der Waals surface area contributed by atoms with E-state index in [0.717, 1.165) is 48.3 Å². The van der Waals surface area contributed by atoms with E-state index in [1.807, 2.05) is 36.4 Å². The molecule has 0 saturated heterocycles. The minimum absolute atomic E-state index is 0.0932. The Hall–Kier alpha value is -2.79. The van der Waals surface area contributed by atoms with Crippen molar-refractivity contribution < 1.29 is 9.47 Å². The van der Waals surface area contributed by atoms with Gasteiger partial charge in [-0.1, -0.05) is 18.2 Å². The molecule has 2 N–H and O–H groups in total. The number of pyridine rings is 1. The Bertz CT molecular complexity index is 1010. The number of aromatic nitrogens is 1. The molecule has 1 saturated carbocycles. The minimum atomic E-state index is -0.0932. The van der Waals surface area contributed by atoms with Crippen molar-refractivity contribution in [2.75, 3.05) is 26.8 Å². The lowest BCUT2D eigenvalue weighted by atomic mass is 10.1. The summed E-state index contributed by atoms with van der Waals surface area (Å²) in [5, 5.41) is 4.58. The van der Waals surface area contributed by atoms with Crippen molar-refractivity contribution in [3.05, 3.63) is 70.5 Å². The molecule has 0 aliphatic heterocycles. The molecule has 4 rings (SSSR count). The molecule has 0 radical (unpaired) electrons. The predicted molar refractivity (Wildman–Crippen MR) is 116 cm³/mol. The molecule has 0 spiro atoms. The van der Waals surface area contributed by atoms with Crippen LogP contribution in [0, 0.1) is 5.92 Å². The quantitative estimate of drug-likeness (QED) is 0.510. The average molecular weight is 392 g/mol. The monoisotopic (exact) mass is 392 g/mol. The Morgan fingerprint density at radius 2 is 1.97 bits per heavy atom. The lowest BCUT2D eigenvalue weighted by Crippen LogP contribution is -2.19. The van der Waals surface area contributed by atoms with E-state index in [1.54, 1.807) is 7.11 Å². The average Bonchev–Trinajstić information content (AvgIpc) is 3.52. The van der Waals surface area contributed by atoms with E-state index < -0.39 is 0 Å². The van der Waals surface area contributed by atoms with Gasteiger partial charge in [-0.25, -0.2) is 0 Å². The highest BCUT2D eigenvalue weighted by Gasteiger charge is 2.39. The van der Waals surface area contributed by atoms with Gasteiger partial charge in [0.15, 0.2) is 0 Å². The van der Waals surface area contributed by atoms with Crippen LogP contribution in [-0.4, -0.2) is 31.8 Å². The first-order chi connectivity index (χ1) is 14.2. The highest BCUT2D eigenvalue weighted by molar-refractivity contribution is 5.79. The molecule has 1 aromatic heterocycles. The zero-order valence-electron chi connectivity index (χ0n) is 16.8. The maximum Gasteiger partial charge on any atom is 0.248 e. The van der Waals surface area contributed by atoms with E-state index in [4.69, 9.17) is 9.47 Å². The van der Waals surface area contributed by atoms with E-state index in [9.17, 15) is 4.79 Å². The second-order valence-corrected chi connectivity index (χ2v) is 7.68. The van der Waals surface area contributed by atoms with Gasteiger partial charge in [-0.3, -0.25) is 4.79 Å². The molecule has 1 aliphatic carbocycles. The highest BCUT2D eigenvalue weighted by atomic mass is 16.5. The summed E-state index contributed by atoms with van der Waals surface area (Å²) in [5.41, 5.74) is 2.06. The van der Waals surface area contributed by atoms with Gasteiger partial charge in [-0.15, -0.1) is 0 Å². The first-order valence-corrected chi connectivity index (χ1v) is 10.3. The summed E-state index contributed by atoms with van der Waals surface area (Å²) in [6.07, 6.45) is 3.31. The number of rotatable bonds is 10. The molecule has 5 nitrogen and oxygen atoms in total. The number of fused-ring (bicyclic) bond motifs is 1. The van der Waals surface area contributed by atoms with Gasteiger partial charge < -0.3 is 19.8 Å². The Kier molecular flexibility index (Phi) is 6.15. The smallest absolute Gasteiger partial charge is 0.248 e. The van der Waals surface area contributed by atoms with E-state index in [2.05, 4.69) is 22.4 Å².